The number of benzene rings is 2. The first-order valence-electron chi connectivity index (χ1n) is 7.19. The van der Waals surface area contributed by atoms with Crippen LogP contribution in [0.2, 0.25) is 0 Å². The SMILES string of the molecule is CCN(CC)C(=O)[C@H](C)Nc1ccc2ccccc2c1. The lowest BCUT2D eigenvalue weighted by Crippen LogP contribution is -2.41. The van der Waals surface area contributed by atoms with Crippen LogP contribution in [0.15, 0.2) is 42.5 Å². The van der Waals surface area contributed by atoms with E-state index < -0.39 is 0 Å². The molecule has 1 N–H and O–H groups in total. The van der Waals surface area contributed by atoms with E-state index in [-0.39, 0.29) is 11.9 Å². The van der Waals surface area contributed by atoms with Crippen molar-refractivity contribution in [2.75, 3.05) is 18.4 Å². The van der Waals surface area contributed by atoms with Crippen molar-refractivity contribution in [2.45, 2.75) is 26.8 Å². The molecule has 0 heterocycles. The maximum atomic E-state index is 12.2. The van der Waals surface area contributed by atoms with Gasteiger partial charge in [0.25, 0.3) is 0 Å². The fourth-order valence-corrected chi connectivity index (χ4v) is 2.40. The minimum Gasteiger partial charge on any atom is -0.374 e. The molecule has 0 unspecified atom stereocenters. The topological polar surface area (TPSA) is 32.3 Å². The van der Waals surface area contributed by atoms with E-state index in [1.54, 1.807) is 0 Å². The molecule has 0 aromatic heterocycles. The predicted molar refractivity (Wildman–Crippen MR) is 85.0 cm³/mol. The Bertz CT molecular complexity index is 590. The smallest absolute Gasteiger partial charge is 0.244 e. The van der Waals surface area contributed by atoms with Crippen LogP contribution in [0.4, 0.5) is 5.69 Å². The molecular formula is C17H22N2O. The second kappa shape index (κ2) is 6.42. The van der Waals surface area contributed by atoms with E-state index in [9.17, 15) is 4.79 Å². The first-order valence-corrected chi connectivity index (χ1v) is 7.19. The van der Waals surface area contributed by atoms with E-state index in [4.69, 9.17) is 0 Å². The third-order valence-electron chi connectivity index (χ3n) is 3.58. The van der Waals surface area contributed by atoms with Crippen molar-refractivity contribution in [2.24, 2.45) is 0 Å². The zero-order valence-electron chi connectivity index (χ0n) is 12.4. The minimum atomic E-state index is -0.212. The van der Waals surface area contributed by atoms with Gasteiger partial charge in [0.05, 0.1) is 0 Å². The van der Waals surface area contributed by atoms with E-state index >= 15 is 0 Å². The van der Waals surface area contributed by atoms with Crippen LogP contribution in [0.1, 0.15) is 20.8 Å². The van der Waals surface area contributed by atoms with Gasteiger partial charge in [-0.15, -0.1) is 0 Å². The number of hydrogen-bond donors (Lipinski definition) is 1. The Morgan fingerprint density at radius 1 is 1.10 bits per heavy atom. The van der Waals surface area contributed by atoms with Gasteiger partial charge in [-0.3, -0.25) is 4.79 Å². The zero-order valence-corrected chi connectivity index (χ0v) is 12.4. The molecule has 0 fully saturated rings. The molecule has 0 aliphatic heterocycles. The summed E-state index contributed by atoms with van der Waals surface area (Å²) in [6, 6.07) is 14.2. The van der Waals surface area contributed by atoms with Gasteiger partial charge in [-0.2, -0.15) is 0 Å². The summed E-state index contributed by atoms with van der Waals surface area (Å²) in [6.45, 7) is 7.42. The zero-order chi connectivity index (χ0) is 14.5. The standard InChI is InChI=1S/C17H22N2O/c1-4-19(5-2)17(20)13(3)18-16-11-10-14-8-6-7-9-15(14)12-16/h6-13,18H,4-5H2,1-3H3/t13-/m0/s1. The Morgan fingerprint density at radius 3 is 2.40 bits per heavy atom. The normalized spacial score (nSPS) is 12.2. The summed E-state index contributed by atoms with van der Waals surface area (Å²) in [4.78, 5) is 14.1. The van der Waals surface area contributed by atoms with Crippen molar-refractivity contribution >= 4 is 22.4 Å². The summed E-state index contributed by atoms with van der Waals surface area (Å²) in [5.74, 6) is 0.142. The summed E-state index contributed by atoms with van der Waals surface area (Å²) >= 11 is 0. The molecule has 20 heavy (non-hydrogen) atoms. The maximum absolute atomic E-state index is 12.2. The minimum absolute atomic E-state index is 0.142. The van der Waals surface area contributed by atoms with Gasteiger partial charge < -0.3 is 10.2 Å². The van der Waals surface area contributed by atoms with Crippen molar-refractivity contribution < 1.29 is 4.79 Å². The van der Waals surface area contributed by atoms with Crippen molar-refractivity contribution in [3.8, 4) is 0 Å². The van der Waals surface area contributed by atoms with Gasteiger partial charge in [-0.05, 0) is 43.7 Å². The first kappa shape index (κ1) is 14.4. The highest BCUT2D eigenvalue weighted by atomic mass is 16.2. The van der Waals surface area contributed by atoms with E-state index in [0.717, 1.165) is 18.8 Å². The number of hydrogen-bond acceptors (Lipinski definition) is 2. The Hall–Kier alpha value is -2.03. The highest BCUT2D eigenvalue weighted by Gasteiger charge is 2.17. The Morgan fingerprint density at radius 2 is 1.75 bits per heavy atom. The van der Waals surface area contributed by atoms with Crippen molar-refractivity contribution in [1.29, 1.82) is 0 Å². The molecule has 2 aromatic rings. The summed E-state index contributed by atoms with van der Waals surface area (Å²) < 4.78 is 0. The van der Waals surface area contributed by atoms with Gasteiger partial charge in [0.2, 0.25) is 5.91 Å². The fourth-order valence-electron chi connectivity index (χ4n) is 2.40. The lowest BCUT2D eigenvalue weighted by molar-refractivity contribution is -0.131. The summed E-state index contributed by atoms with van der Waals surface area (Å²) in [6.07, 6.45) is 0. The summed E-state index contributed by atoms with van der Waals surface area (Å²) in [7, 11) is 0. The molecule has 1 atom stereocenters. The number of nitrogens with one attached hydrogen (secondary N) is 1. The van der Waals surface area contributed by atoms with Crippen LogP contribution in [-0.4, -0.2) is 29.9 Å². The number of amides is 1. The monoisotopic (exact) mass is 270 g/mol. The molecule has 0 spiro atoms. The van der Waals surface area contributed by atoms with Crippen LogP contribution >= 0.6 is 0 Å². The van der Waals surface area contributed by atoms with Crippen molar-refractivity contribution in [1.82, 2.24) is 4.90 Å². The molecular weight excluding hydrogens is 248 g/mol. The molecule has 0 bridgehead atoms. The Balaban J connectivity index is 2.13. The third kappa shape index (κ3) is 3.10. The molecule has 0 saturated carbocycles. The maximum Gasteiger partial charge on any atom is 0.244 e. The molecule has 3 nitrogen and oxygen atoms in total. The number of fused-ring (bicyclic) bond motifs is 1. The molecule has 0 radical (unpaired) electrons. The summed E-state index contributed by atoms with van der Waals surface area (Å²) in [5, 5.41) is 5.68. The molecule has 3 heteroatoms. The lowest BCUT2D eigenvalue weighted by atomic mass is 10.1. The van der Waals surface area contributed by atoms with Crippen LogP contribution in [0, 0.1) is 0 Å². The van der Waals surface area contributed by atoms with E-state index in [1.807, 2.05) is 43.9 Å². The van der Waals surface area contributed by atoms with E-state index in [1.165, 1.54) is 10.8 Å². The van der Waals surface area contributed by atoms with Crippen LogP contribution in [0.5, 0.6) is 0 Å². The molecule has 2 aromatic carbocycles. The van der Waals surface area contributed by atoms with E-state index in [0.29, 0.717) is 0 Å². The largest absolute Gasteiger partial charge is 0.374 e. The highest BCUT2D eigenvalue weighted by molar-refractivity contribution is 5.88. The number of carbonyl (C=O) groups is 1. The molecule has 106 valence electrons. The average molecular weight is 270 g/mol. The van der Waals surface area contributed by atoms with Gasteiger partial charge in [0, 0.05) is 18.8 Å². The molecule has 0 aliphatic rings. The molecule has 1 amide bonds. The molecule has 0 saturated heterocycles. The lowest BCUT2D eigenvalue weighted by Gasteiger charge is -2.24. The number of likely N-dealkylation sites (N-methyl/N-ethyl adjacent to an activating group) is 1. The van der Waals surface area contributed by atoms with Crippen LogP contribution in [0.3, 0.4) is 0 Å². The number of anilines is 1. The van der Waals surface area contributed by atoms with Gasteiger partial charge in [0.15, 0.2) is 0 Å². The quantitative estimate of drug-likeness (QED) is 0.901. The third-order valence-corrected chi connectivity index (χ3v) is 3.58. The van der Waals surface area contributed by atoms with Gasteiger partial charge >= 0.3 is 0 Å². The first-order chi connectivity index (χ1) is 9.65. The highest BCUT2D eigenvalue weighted by Crippen LogP contribution is 2.19. The second-order valence-corrected chi connectivity index (χ2v) is 4.94. The van der Waals surface area contributed by atoms with Gasteiger partial charge in [-0.1, -0.05) is 30.3 Å². The molecule has 2 rings (SSSR count). The Labute approximate surface area is 120 Å². The van der Waals surface area contributed by atoms with Crippen molar-refractivity contribution in [3.05, 3.63) is 42.5 Å². The predicted octanol–water partition coefficient (Wildman–Crippen LogP) is 3.51. The van der Waals surface area contributed by atoms with E-state index in [2.05, 4.69) is 29.6 Å². The van der Waals surface area contributed by atoms with Gasteiger partial charge in [-0.25, -0.2) is 0 Å². The van der Waals surface area contributed by atoms with Gasteiger partial charge in [0.1, 0.15) is 6.04 Å². The average Bonchev–Trinajstić information content (AvgIpc) is 2.48. The van der Waals surface area contributed by atoms with Crippen LogP contribution in [0.25, 0.3) is 10.8 Å². The Kier molecular flexibility index (Phi) is 4.61. The van der Waals surface area contributed by atoms with Crippen molar-refractivity contribution in [3.63, 3.8) is 0 Å². The number of rotatable bonds is 5. The number of nitrogens with zero attached hydrogens (tertiary/aromatic N) is 1. The second-order valence-electron chi connectivity index (χ2n) is 4.94. The fraction of sp³-hybridized carbons (Fsp3) is 0.353. The summed E-state index contributed by atoms with van der Waals surface area (Å²) in [5.41, 5.74) is 0.983. The van der Waals surface area contributed by atoms with Crippen LogP contribution in [-0.2, 0) is 4.79 Å². The van der Waals surface area contributed by atoms with Crippen LogP contribution < -0.4 is 5.32 Å². The molecule has 0 aliphatic carbocycles. The number of carbonyl (C=O) groups excluding carboxylic acids is 1.